The van der Waals surface area contributed by atoms with Crippen molar-refractivity contribution in [2.24, 2.45) is 5.73 Å². The Hall–Kier alpha value is -7.82. The van der Waals surface area contributed by atoms with E-state index in [1.807, 2.05) is 92.6 Å². The van der Waals surface area contributed by atoms with Crippen molar-refractivity contribution >= 4 is 65.3 Å². The van der Waals surface area contributed by atoms with E-state index in [9.17, 15) is 24.0 Å². The summed E-state index contributed by atoms with van der Waals surface area (Å²) in [6.45, 7) is 35.9. The molecule has 21 nitrogen and oxygen atoms in total. The maximum atomic E-state index is 12.3. The maximum Gasteiger partial charge on any atom is 0.410 e. The third kappa shape index (κ3) is 31.3. The SMILES string of the molecule is CC(C)(C)OC(=O)NCCc1ccc(N2CCN(C(=O)OCc3ccccc3)CC2)cc1.CC(C)(C)OC(=O)NCCc1ccc(N2CCN(C3CCC3)CC2)cc1.CC(C)(C)OC(=O)NCCc1ccc(N2CCNCC2)cc1.Cl.NCCc1ccc(N2CCN(C3CCC3)CC2)cc1.O=C1CCC1. The second-order valence-electron chi connectivity index (χ2n) is 31.1. The summed E-state index contributed by atoms with van der Waals surface area (Å²) >= 11 is 0. The van der Waals surface area contributed by atoms with E-state index in [1.165, 1.54) is 112 Å². The number of hydrogen-bond donors (Lipinski definition) is 5. The van der Waals surface area contributed by atoms with E-state index < -0.39 is 22.9 Å². The van der Waals surface area contributed by atoms with Gasteiger partial charge < -0.3 is 70.4 Å². The minimum atomic E-state index is -0.492. The van der Waals surface area contributed by atoms with Gasteiger partial charge in [-0.25, -0.2) is 19.2 Å². The molecule has 3 aliphatic carbocycles. The smallest absolute Gasteiger partial charge is 0.410 e. The van der Waals surface area contributed by atoms with Crippen LogP contribution in [0.1, 0.15) is 148 Å². The van der Waals surface area contributed by atoms with Gasteiger partial charge in [-0.05, 0) is 203 Å². The number of Topliss-reactive ketones (excluding diaryl/α,β-unsaturated/α-hetero) is 1. The summed E-state index contributed by atoms with van der Waals surface area (Å²) in [6.07, 6.45) is 13.3. The Labute approximate surface area is 633 Å². The number of nitrogens with one attached hydrogen (secondary N) is 4. The number of halogens is 1. The Morgan fingerprint density at radius 2 is 0.733 bits per heavy atom. The number of piperazine rings is 4. The third-order valence-corrected chi connectivity index (χ3v) is 19.5. The molecule has 5 aromatic rings. The van der Waals surface area contributed by atoms with Crippen molar-refractivity contribution in [3.05, 3.63) is 155 Å². The molecule has 12 rings (SSSR count). The van der Waals surface area contributed by atoms with Crippen LogP contribution in [0.2, 0.25) is 0 Å². The number of anilines is 4. The molecule has 0 atom stereocenters. The molecule has 7 fully saturated rings. The number of amides is 4. The van der Waals surface area contributed by atoms with Crippen LogP contribution in [-0.4, -0.2) is 205 Å². The Morgan fingerprint density at radius 3 is 1.02 bits per heavy atom. The number of carbonyl (C=O) groups excluding carboxylic acids is 5. The van der Waals surface area contributed by atoms with E-state index in [0.29, 0.717) is 45.1 Å². The normalized spacial score (nSPS) is 17.2. The summed E-state index contributed by atoms with van der Waals surface area (Å²) in [5, 5.41) is 11.7. The summed E-state index contributed by atoms with van der Waals surface area (Å²) in [4.78, 5) is 73.9. The van der Waals surface area contributed by atoms with Crippen LogP contribution in [0.5, 0.6) is 0 Å². The molecule has 0 aromatic heterocycles. The summed E-state index contributed by atoms with van der Waals surface area (Å²) < 4.78 is 21.1. The van der Waals surface area contributed by atoms with Gasteiger partial charge in [-0.15, -0.1) is 12.4 Å². The fourth-order valence-corrected chi connectivity index (χ4v) is 12.9. The van der Waals surface area contributed by atoms with Crippen LogP contribution in [0, 0.1) is 0 Å². The Kier molecular flexibility index (Phi) is 34.7. The number of nitrogens with two attached hydrogens (primary N) is 1. The quantitative estimate of drug-likeness (QED) is 0.0485. The number of nitrogens with zero attached hydrogens (tertiary/aromatic N) is 7. The highest BCUT2D eigenvalue weighted by molar-refractivity contribution is 5.85. The van der Waals surface area contributed by atoms with Gasteiger partial charge in [-0.2, -0.15) is 0 Å². The van der Waals surface area contributed by atoms with Gasteiger partial charge in [0.05, 0.1) is 0 Å². The lowest BCUT2D eigenvalue weighted by Gasteiger charge is -2.43. The lowest BCUT2D eigenvalue weighted by Crippen LogP contribution is -2.52. The van der Waals surface area contributed by atoms with E-state index in [0.717, 1.165) is 133 Å². The molecule has 6 N–H and O–H groups in total. The first-order valence-corrected chi connectivity index (χ1v) is 38.5. The first-order valence-electron chi connectivity index (χ1n) is 38.5. The van der Waals surface area contributed by atoms with Gasteiger partial charge in [-0.3, -0.25) is 14.6 Å². The first kappa shape index (κ1) is 84.4. The molecule has 4 amide bonds. The predicted molar refractivity (Wildman–Crippen MR) is 427 cm³/mol. The van der Waals surface area contributed by atoms with Crippen LogP contribution in [-0.2, 0) is 56.0 Å². The largest absolute Gasteiger partial charge is 0.445 e. The molecular weight excluding hydrogens is 1340 g/mol. The summed E-state index contributed by atoms with van der Waals surface area (Å²) in [5.41, 5.74) is 15.2. The van der Waals surface area contributed by atoms with Crippen LogP contribution in [0.15, 0.2) is 127 Å². The predicted octanol–water partition coefficient (Wildman–Crippen LogP) is 12.8. The Morgan fingerprint density at radius 1 is 0.419 bits per heavy atom. The molecule has 105 heavy (non-hydrogen) atoms. The number of hydrogen-bond acceptors (Lipinski definition) is 17. The second-order valence-corrected chi connectivity index (χ2v) is 31.1. The molecule has 0 spiro atoms. The van der Waals surface area contributed by atoms with Crippen LogP contribution in [0.25, 0.3) is 0 Å². The average molecular weight is 1470 g/mol. The number of alkyl carbamates (subject to hydrolysis) is 3. The highest BCUT2D eigenvalue weighted by Crippen LogP contribution is 2.29. The molecule has 0 radical (unpaired) electrons. The highest BCUT2D eigenvalue weighted by Gasteiger charge is 2.30. The number of carbonyl (C=O) groups is 5. The zero-order valence-corrected chi connectivity index (χ0v) is 65.4. The fraction of sp³-hybridized carbons (Fsp3) is 0.578. The lowest BCUT2D eigenvalue weighted by atomic mass is 9.91. The monoisotopic (exact) mass is 1470 g/mol. The molecule has 4 saturated heterocycles. The lowest BCUT2D eigenvalue weighted by molar-refractivity contribution is -0.123. The van der Waals surface area contributed by atoms with E-state index in [-0.39, 0.29) is 30.7 Å². The second kappa shape index (κ2) is 43.1. The molecule has 5 aromatic carbocycles. The Bertz CT molecular complexity index is 3320. The number of rotatable bonds is 19. The van der Waals surface area contributed by atoms with E-state index in [4.69, 9.17) is 24.7 Å². The van der Waals surface area contributed by atoms with Crippen molar-refractivity contribution in [1.29, 1.82) is 0 Å². The molecule has 4 heterocycles. The van der Waals surface area contributed by atoms with Crippen molar-refractivity contribution in [3.8, 4) is 0 Å². The zero-order valence-electron chi connectivity index (χ0n) is 64.6. The minimum Gasteiger partial charge on any atom is -0.445 e. The van der Waals surface area contributed by atoms with Gasteiger partial charge in [0.25, 0.3) is 0 Å². The van der Waals surface area contributed by atoms with E-state index >= 15 is 0 Å². The highest BCUT2D eigenvalue weighted by atomic mass is 35.5. The number of benzene rings is 5. The maximum absolute atomic E-state index is 12.3. The standard InChI is InChI=1S/C25H33N3O4.C21H33N3O2.C17H27N3O2.C16H25N3.C4H6O.ClH/c1-25(2,3)32-23(29)26-14-13-20-9-11-22(12-10-20)27-15-17-28(18-16-27)24(30)31-19-21-7-5-4-6-8-21;1-21(2,3)26-20(25)22-12-11-17-7-9-19(10-8-17)24-15-13-23(14-16-24)18-5-4-6-18;1-17(2,3)22-16(21)19-9-8-14-4-6-15(7-5-14)20-12-10-18-11-13-20;17-9-8-14-4-6-16(7-5-14)19-12-10-18(11-13-19)15-2-1-3-15;5-4-2-1-3-4;/h4-12H,13-19H2,1-3H3,(H,26,29);7-10,18H,4-6,11-16H2,1-3H3,(H,22,25);4-7,18H,8-13H2,1-3H3,(H,19,21);4-7,15H,1-3,8-13,17H2;1-3H2;1H. The van der Waals surface area contributed by atoms with Crippen molar-refractivity contribution in [2.45, 2.75) is 181 Å². The molecule has 0 bridgehead atoms. The summed E-state index contributed by atoms with van der Waals surface area (Å²) in [5.74, 6) is 0.435. The number of ketones is 1. The Balaban J connectivity index is 0.000000193. The van der Waals surface area contributed by atoms with Crippen LogP contribution >= 0.6 is 12.4 Å². The summed E-state index contributed by atoms with van der Waals surface area (Å²) in [7, 11) is 0. The molecule has 578 valence electrons. The fourth-order valence-electron chi connectivity index (χ4n) is 12.9. The molecule has 22 heteroatoms. The summed E-state index contributed by atoms with van der Waals surface area (Å²) in [6, 6.07) is 46.1. The van der Waals surface area contributed by atoms with E-state index in [2.05, 4.69) is 148 Å². The van der Waals surface area contributed by atoms with Gasteiger partial charge >= 0.3 is 24.4 Å². The molecule has 4 aliphatic heterocycles. The minimum absolute atomic E-state index is 0. The average Bonchev–Trinajstić information content (AvgIpc) is 0.851. The molecule has 3 saturated carbocycles. The first-order chi connectivity index (χ1) is 49.9. The van der Waals surface area contributed by atoms with Crippen LogP contribution < -0.4 is 46.6 Å². The van der Waals surface area contributed by atoms with Gasteiger partial charge in [0.1, 0.15) is 29.2 Å². The number of ether oxygens (including phenoxy) is 4. The van der Waals surface area contributed by atoms with Crippen molar-refractivity contribution in [3.63, 3.8) is 0 Å². The molecular formula is C83H125ClN12O9. The van der Waals surface area contributed by atoms with Gasteiger partial charge in [0.15, 0.2) is 0 Å². The van der Waals surface area contributed by atoms with Gasteiger partial charge in [-0.1, -0.05) is 91.7 Å². The van der Waals surface area contributed by atoms with Gasteiger partial charge in [0, 0.05) is 172 Å². The third-order valence-electron chi connectivity index (χ3n) is 19.5. The van der Waals surface area contributed by atoms with Crippen molar-refractivity contribution in [1.82, 2.24) is 36.0 Å². The molecule has 0 unspecified atom stereocenters. The van der Waals surface area contributed by atoms with E-state index in [1.54, 1.807) is 4.90 Å². The molecule has 7 aliphatic rings. The van der Waals surface area contributed by atoms with Gasteiger partial charge in [0.2, 0.25) is 0 Å². The van der Waals surface area contributed by atoms with Crippen LogP contribution in [0.3, 0.4) is 0 Å². The van der Waals surface area contributed by atoms with Crippen molar-refractivity contribution < 1.29 is 42.9 Å². The zero-order chi connectivity index (χ0) is 74.3. The van der Waals surface area contributed by atoms with Crippen molar-refractivity contribution in [2.75, 3.05) is 150 Å². The topological polar surface area (TPSA) is 219 Å². The van der Waals surface area contributed by atoms with Crippen LogP contribution in [0.4, 0.5) is 41.9 Å².